The molecule has 0 aromatic rings. The highest BCUT2D eigenvalue weighted by atomic mass is 16.5. The van der Waals surface area contributed by atoms with Gasteiger partial charge in [0.05, 0.1) is 13.2 Å². The van der Waals surface area contributed by atoms with Crippen LogP contribution in [0.4, 0.5) is 0 Å². The van der Waals surface area contributed by atoms with Crippen molar-refractivity contribution < 1.29 is 20.1 Å². The van der Waals surface area contributed by atoms with Crippen LogP contribution in [0.5, 0.6) is 0 Å². The Balaban J connectivity index is 2.80. The van der Waals surface area contributed by atoms with E-state index in [9.17, 15) is 5.11 Å². The molecule has 0 radical (unpaired) electrons. The summed E-state index contributed by atoms with van der Waals surface area (Å²) in [6, 6.07) is 0. The zero-order valence-corrected chi connectivity index (χ0v) is 5.90. The zero-order chi connectivity index (χ0) is 8.48. The van der Waals surface area contributed by atoms with E-state index in [1.165, 1.54) is 0 Å². The lowest BCUT2D eigenvalue weighted by Crippen LogP contribution is -2.47. The molecule has 1 fully saturated rings. The molecule has 0 bridgehead atoms. The predicted molar refractivity (Wildman–Crippen MR) is 36.6 cm³/mol. The highest BCUT2D eigenvalue weighted by Crippen LogP contribution is 2.25. The Bertz CT molecular complexity index is 185. The second-order valence-corrected chi connectivity index (χ2v) is 2.49. The minimum Gasteiger partial charge on any atom is -0.394 e. The lowest BCUT2D eigenvalue weighted by Gasteiger charge is -2.23. The lowest BCUT2D eigenvalue weighted by atomic mass is 9.95. The van der Waals surface area contributed by atoms with E-state index in [1.54, 1.807) is 0 Å². The van der Waals surface area contributed by atoms with Crippen molar-refractivity contribution in [3.63, 3.8) is 0 Å². The third-order valence-corrected chi connectivity index (χ3v) is 1.85. The summed E-state index contributed by atoms with van der Waals surface area (Å²) in [6.45, 7) is -0.427. The number of aliphatic hydroxyl groups excluding tert-OH is 2. The Labute approximate surface area is 64.4 Å². The van der Waals surface area contributed by atoms with E-state index < -0.39 is 24.4 Å². The van der Waals surface area contributed by atoms with Crippen LogP contribution < -0.4 is 0 Å². The van der Waals surface area contributed by atoms with Crippen molar-refractivity contribution in [3.8, 4) is 12.3 Å². The summed E-state index contributed by atoms with van der Waals surface area (Å²) < 4.78 is 4.83. The maximum absolute atomic E-state index is 9.46. The van der Waals surface area contributed by atoms with E-state index >= 15 is 0 Å². The maximum atomic E-state index is 9.46. The van der Waals surface area contributed by atoms with Crippen molar-refractivity contribution in [2.75, 3.05) is 13.2 Å². The molecule has 0 aliphatic carbocycles. The van der Waals surface area contributed by atoms with Crippen LogP contribution in [-0.2, 0) is 4.74 Å². The highest BCUT2D eigenvalue weighted by molar-refractivity contribution is 5.18. The van der Waals surface area contributed by atoms with Crippen molar-refractivity contribution in [2.45, 2.75) is 17.8 Å². The van der Waals surface area contributed by atoms with Crippen LogP contribution in [-0.4, -0.2) is 46.3 Å². The monoisotopic (exact) mass is 158 g/mol. The van der Waals surface area contributed by atoms with Crippen molar-refractivity contribution in [1.29, 1.82) is 0 Å². The molecule has 3 unspecified atom stereocenters. The van der Waals surface area contributed by atoms with Gasteiger partial charge in [-0.3, -0.25) is 0 Å². The molecule has 11 heavy (non-hydrogen) atoms. The lowest BCUT2D eigenvalue weighted by molar-refractivity contribution is -0.0514. The Hall–Kier alpha value is -0.600. The molecule has 0 spiro atoms. The summed E-state index contributed by atoms with van der Waals surface area (Å²) in [5, 5.41) is 27.2. The number of terminal acetylenes is 1. The van der Waals surface area contributed by atoms with Crippen molar-refractivity contribution in [3.05, 3.63) is 0 Å². The van der Waals surface area contributed by atoms with Gasteiger partial charge < -0.3 is 20.1 Å². The van der Waals surface area contributed by atoms with Crippen molar-refractivity contribution >= 4 is 0 Å². The average molecular weight is 158 g/mol. The topological polar surface area (TPSA) is 69.9 Å². The average Bonchev–Trinajstić information content (AvgIpc) is 2.30. The van der Waals surface area contributed by atoms with Gasteiger partial charge in [0.1, 0.15) is 12.2 Å². The summed E-state index contributed by atoms with van der Waals surface area (Å²) >= 11 is 0. The Morgan fingerprint density at radius 2 is 2.36 bits per heavy atom. The quantitative estimate of drug-likeness (QED) is 0.390. The largest absolute Gasteiger partial charge is 0.394 e. The van der Waals surface area contributed by atoms with Crippen molar-refractivity contribution in [1.82, 2.24) is 0 Å². The van der Waals surface area contributed by atoms with Gasteiger partial charge in [-0.25, -0.2) is 0 Å². The summed E-state index contributed by atoms with van der Waals surface area (Å²) in [5.41, 5.74) is -1.73. The molecule has 4 heteroatoms. The minimum atomic E-state index is -1.73. The van der Waals surface area contributed by atoms with E-state index in [4.69, 9.17) is 21.4 Å². The highest BCUT2D eigenvalue weighted by Gasteiger charge is 2.48. The van der Waals surface area contributed by atoms with Crippen LogP contribution in [0.1, 0.15) is 0 Å². The van der Waals surface area contributed by atoms with Gasteiger partial charge in [0, 0.05) is 0 Å². The summed E-state index contributed by atoms with van der Waals surface area (Å²) in [7, 11) is 0. The van der Waals surface area contributed by atoms with E-state index in [0.717, 1.165) is 0 Å². The normalized spacial score (nSPS) is 43.8. The van der Waals surface area contributed by atoms with E-state index in [0.29, 0.717) is 0 Å². The molecule has 4 nitrogen and oxygen atoms in total. The first-order valence-corrected chi connectivity index (χ1v) is 3.25. The molecule has 0 amide bonds. The SMILES string of the molecule is C#CC1(O)C(O)COC1CO. The Kier molecular flexibility index (Phi) is 2.16. The predicted octanol–water partition coefficient (Wildman–Crippen LogP) is -1.90. The standard InChI is InChI=1S/C7H10O4/c1-2-7(10)5(9)4-11-6(7)3-8/h1,5-6,8-10H,3-4H2. The number of ether oxygens (including phenoxy) is 1. The second kappa shape index (κ2) is 2.80. The Morgan fingerprint density at radius 1 is 1.73 bits per heavy atom. The van der Waals surface area contributed by atoms with Crippen LogP contribution in [0, 0.1) is 12.3 Å². The van der Waals surface area contributed by atoms with Gasteiger partial charge in [-0.15, -0.1) is 6.42 Å². The third-order valence-electron chi connectivity index (χ3n) is 1.85. The third kappa shape index (κ3) is 1.12. The van der Waals surface area contributed by atoms with Gasteiger partial charge >= 0.3 is 0 Å². The smallest absolute Gasteiger partial charge is 0.181 e. The molecule has 3 atom stereocenters. The molecule has 1 heterocycles. The molecule has 1 aliphatic rings. The minimum absolute atomic E-state index is 0.0358. The van der Waals surface area contributed by atoms with E-state index in [-0.39, 0.29) is 6.61 Å². The number of rotatable bonds is 1. The first kappa shape index (κ1) is 8.50. The van der Waals surface area contributed by atoms with Crippen LogP contribution >= 0.6 is 0 Å². The fourth-order valence-corrected chi connectivity index (χ4v) is 1.06. The molecule has 1 rings (SSSR count). The van der Waals surface area contributed by atoms with Crippen LogP contribution in [0.15, 0.2) is 0 Å². The zero-order valence-electron chi connectivity index (χ0n) is 5.90. The first-order valence-electron chi connectivity index (χ1n) is 3.25. The Morgan fingerprint density at radius 3 is 2.73 bits per heavy atom. The van der Waals surface area contributed by atoms with Crippen LogP contribution in [0.25, 0.3) is 0 Å². The van der Waals surface area contributed by atoms with Crippen molar-refractivity contribution in [2.24, 2.45) is 0 Å². The van der Waals surface area contributed by atoms with Crippen LogP contribution in [0.3, 0.4) is 0 Å². The number of aliphatic hydroxyl groups is 3. The van der Waals surface area contributed by atoms with Crippen LogP contribution in [0.2, 0.25) is 0 Å². The van der Waals surface area contributed by atoms with Gasteiger partial charge in [-0.05, 0) is 0 Å². The maximum Gasteiger partial charge on any atom is 0.181 e. The summed E-state index contributed by atoms with van der Waals surface area (Å²) in [6.07, 6.45) is 2.99. The molecule has 0 aromatic carbocycles. The molecule has 62 valence electrons. The second-order valence-electron chi connectivity index (χ2n) is 2.49. The summed E-state index contributed by atoms with van der Waals surface area (Å²) in [4.78, 5) is 0. The summed E-state index contributed by atoms with van der Waals surface area (Å²) in [5.74, 6) is 2.01. The molecule has 1 aliphatic heterocycles. The molecular formula is C7H10O4. The van der Waals surface area contributed by atoms with Gasteiger partial charge in [0.15, 0.2) is 5.60 Å². The fraction of sp³-hybridized carbons (Fsp3) is 0.714. The molecular weight excluding hydrogens is 148 g/mol. The molecule has 3 N–H and O–H groups in total. The number of hydrogen-bond acceptors (Lipinski definition) is 4. The van der Waals surface area contributed by atoms with Gasteiger partial charge in [0.2, 0.25) is 0 Å². The first-order chi connectivity index (χ1) is 5.15. The number of hydrogen-bond donors (Lipinski definition) is 3. The molecule has 0 aromatic heterocycles. The fourth-order valence-electron chi connectivity index (χ4n) is 1.06. The molecule has 0 saturated carbocycles. The van der Waals surface area contributed by atoms with E-state index in [1.807, 2.05) is 5.92 Å². The van der Waals surface area contributed by atoms with Gasteiger partial charge in [-0.2, -0.15) is 0 Å². The molecule has 1 saturated heterocycles. The van der Waals surface area contributed by atoms with E-state index in [2.05, 4.69) is 0 Å². The van der Waals surface area contributed by atoms with Gasteiger partial charge in [0.25, 0.3) is 0 Å². The van der Waals surface area contributed by atoms with Gasteiger partial charge in [-0.1, -0.05) is 5.92 Å².